The Morgan fingerprint density at radius 3 is 2.41 bits per heavy atom. The molecule has 0 aromatic carbocycles. The summed E-state index contributed by atoms with van der Waals surface area (Å²) >= 11 is 0. The molecule has 2 aliphatic heterocycles. The summed E-state index contributed by atoms with van der Waals surface area (Å²) in [4.78, 5) is 25.5. The fraction of sp³-hybridized carbons (Fsp3) is 0.857. The first-order valence-electron chi connectivity index (χ1n) is 7.78. The van der Waals surface area contributed by atoms with Crippen LogP contribution < -0.4 is 5.32 Å². The van der Waals surface area contributed by atoms with Crippen molar-refractivity contribution in [1.29, 1.82) is 0 Å². The van der Waals surface area contributed by atoms with Crippen LogP contribution in [-0.4, -0.2) is 67.9 Å². The van der Waals surface area contributed by atoms with E-state index in [4.69, 9.17) is 0 Å². The van der Waals surface area contributed by atoms with Gasteiger partial charge >= 0.3 is 0 Å². The molecule has 2 heterocycles. The third-order valence-electron chi connectivity index (χ3n) is 4.44. The lowest BCUT2D eigenvalue weighted by atomic mass is 9.96. The van der Waals surface area contributed by atoms with Crippen LogP contribution in [0.1, 0.15) is 32.6 Å². The molecule has 126 valence electrons. The quantitative estimate of drug-likeness (QED) is 0.775. The average molecular weight is 331 g/mol. The summed E-state index contributed by atoms with van der Waals surface area (Å²) in [5, 5.41) is 2.97. The Morgan fingerprint density at radius 2 is 1.77 bits per heavy atom. The van der Waals surface area contributed by atoms with Crippen LogP contribution in [0.2, 0.25) is 0 Å². The van der Waals surface area contributed by atoms with Gasteiger partial charge in [-0.15, -0.1) is 0 Å². The summed E-state index contributed by atoms with van der Waals surface area (Å²) in [5.74, 6) is -0.254. The molecule has 0 spiro atoms. The van der Waals surface area contributed by atoms with Crippen LogP contribution in [0.25, 0.3) is 0 Å². The van der Waals surface area contributed by atoms with E-state index in [-0.39, 0.29) is 23.8 Å². The molecule has 8 heteroatoms. The van der Waals surface area contributed by atoms with Gasteiger partial charge in [0.1, 0.15) is 0 Å². The second-order valence-corrected chi connectivity index (χ2v) is 8.26. The molecule has 2 rings (SSSR count). The minimum Gasteiger partial charge on any atom is -0.352 e. The van der Waals surface area contributed by atoms with Gasteiger partial charge < -0.3 is 10.2 Å². The van der Waals surface area contributed by atoms with Crippen molar-refractivity contribution in [2.75, 3.05) is 32.4 Å². The molecule has 2 atom stereocenters. The first-order valence-corrected chi connectivity index (χ1v) is 9.63. The molecule has 2 saturated heterocycles. The van der Waals surface area contributed by atoms with E-state index in [2.05, 4.69) is 5.32 Å². The maximum absolute atomic E-state index is 12.4. The molecule has 1 N–H and O–H groups in total. The van der Waals surface area contributed by atoms with E-state index in [9.17, 15) is 18.0 Å². The zero-order valence-corrected chi connectivity index (χ0v) is 14.1. The predicted molar refractivity (Wildman–Crippen MR) is 82.6 cm³/mol. The van der Waals surface area contributed by atoms with Gasteiger partial charge in [0.2, 0.25) is 21.8 Å². The molecule has 2 aliphatic rings. The fourth-order valence-electron chi connectivity index (χ4n) is 3.16. The molecule has 7 nitrogen and oxygen atoms in total. The summed E-state index contributed by atoms with van der Waals surface area (Å²) in [6.45, 7) is 3.56. The van der Waals surface area contributed by atoms with Crippen LogP contribution >= 0.6 is 0 Å². The minimum atomic E-state index is -3.21. The van der Waals surface area contributed by atoms with Crippen molar-refractivity contribution in [1.82, 2.24) is 14.5 Å². The van der Waals surface area contributed by atoms with Crippen LogP contribution in [0, 0.1) is 5.92 Å². The number of rotatable bonds is 3. The highest BCUT2D eigenvalue weighted by Crippen LogP contribution is 2.18. The van der Waals surface area contributed by atoms with Crippen LogP contribution in [0.4, 0.5) is 0 Å². The summed E-state index contributed by atoms with van der Waals surface area (Å²) in [6.07, 6.45) is 4.35. The van der Waals surface area contributed by atoms with Crippen LogP contribution in [0.3, 0.4) is 0 Å². The van der Waals surface area contributed by atoms with E-state index in [1.165, 1.54) is 17.5 Å². The molecule has 0 unspecified atom stereocenters. The molecule has 0 saturated carbocycles. The maximum atomic E-state index is 12.4. The molecule has 22 heavy (non-hydrogen) atoms. The topological polar surface area (TPSA) is 86.8 Å². The Labute approximate surface area is 132 Å². The highest BCUT2D eigenvalue weighted by molar-refractivity contribution is 7.88. The standard InChI is InChI=1S/C14H25N3O4S/c1-11(18)16-7-3-5-12(9-16)14(19)15-13-6-4-8-17(10-13)22(2,20)21/h12-13H,3-10H2,1-2H3,(H,15,19)/t12-,13-/m1/s1. The normalized spacial score (nSPS) is 27.5. The van der Waals surface area contributed by atoms with Gasteiger partial charge in [0.15, 0.2) is 0 Å². The number of amides is 2. The van der Waals surface area contributed by atoms with E-state index in [1.54, 1.807) is 4.90 Å². The monoisotopic (exact) mass is 331 g/mol. The first kappa shape index (κ1) is 17.2. The Balaban J connectivity index is 1.90. The zero-order valence-electron chi connectivity index (χ0n) is 13.2. The number of sulfonamides is 1. The fourth-order valence-corrected chi connectivity index (χ4v) is 4.07. The van der Waals surface area contributed by atoms with Crippen molar-refractivity contribution in [2.24, 2.45) is 5.92 Å². The van der Waals surface area contributed by atoms with Crippen LogP contribution in [0.15, 0.2) is 0 Å². The molecule has 2 amide bonds. The van der Waals surface area contributed by atoms with E-state index in [0.717, 1.165) is 25.7 Å². The smallest absolute Gasteiger partial charge is 0.225 e. The number of carbonyl (C=O) groups is 2. The summed E-state index contributed by atoms with van der Waals surface area (Å²) in [6, 6.07) is -0.135. The lowest BCUT2D eigenvalue weighted by Gasteiger charge is -2.35. The lowest BCUT2D eigenvalue weighted by molar-refractivity contribution is -0.134. The molecule has 0 bridgehead atoms. The van der Waals surface area contributed by atoms with E-state index < -0.39 is 10.0 Å². The first-order chi connectivity index (χ1) is 10.3. The Morgan fingerprint density at radius 1 is 1.09 bits per heavy atom. The van der Waals surface area contributed by atoms with Crippen LogP contribution in [0.5, 0.6) is 0 Å². The van der Waals surface area contributed by atoms with Gasteiger partial charge in [0, 0.05) is 39.1 Å². The maximum Gasteiger partial charge on any atom is 0.225 e. The number of carbonyl (C=O) groups excluding carboxylic acids is 2. The average Bonchev–Trinajstić information content (AvgIpc) is 2.46. The minimum absolute atomic E-state index is 0.00146. The number of hydrogen-bond acceptors (Lipinski definition) is 4. The third kappa shape index (κ3) is 4.42. The van der Waals surface area contributed by atoms with Crippen molar-refractivity contribution >= 4 is 21.8 Å². The summed E-state index contributed by atoms with van der Waals surface area (Å²) < 4.78 is 24.6. The molecule has 0 aromatic rings. The molecule has 0 radical (unpaired) electrons. The Hall–Kier alpha value is -1.15. The van der Waals surface area contributed by atoms with Gasteiger partial charge in [-0.3, -0.25) is 9.59 Å². The van der Waals surface area contributed by atoms with Crippen molar-refractivity contribution in [3.05, 3.63) is 0 Å². The van der Waals surface area contributed by atoms with Crippen molar-refractivity contribution < 1.29 is 18.0 Å². The van der Waals surface area contributed by atoms with E-state index >= 15 is 0 Å². The Bertz CT molecular complexity index is 534. The van der Waals surface area contributed by atoms with E-state index in [0.29, 0.717) is 26.2 Å². The number of piperidine rings is 2. The number of likely N-dealkylation sites (tertiary alicyclic amines) is 1. The largest absolute Gasteiger partial charge is 0.352 e. The number of hydrogen-bond donors (Lipinski definition) is 1. The second kappa shape index (κ2) is 6.95. The molecule has 0 aromatic heterocycles. The summed E-state index contributed by atoms with van der Waals surface area (Å²) in [5.41, 5.74) is 0. The van der Waals surface area contributed by atoms with Gasteiger partial charge in [0.05, 0.1) is 12.2 Å². The van der Waals surface area contributed by atoms with Crippen molar-refractivity contribution in [2.45, 2.75) is 38.6 Å². The molecular formula is C14H25N3O4S. The van der Waals surface area contributed by atoms with Gasteiger partial charge in [-0.2, -0.15) is 0 Å². The second-order valence-electron chi connectivity index (χ2n) is 6.27. The van der Waals surface area contributed by atoms with Gasteiger partial charge in [-0.25, -0.2) is 12.7 Å². The van der Waals surface area contributed by atoms with Gasteiger partial charge in [-0.1, -0.05) is 0 Å². The van der Waals surface area contributed by atoms with Crippen LogP contribution in [-0.2, 0) is 19.6 Å². The van der Waals surface area contributed by atoms with Gasteiger partial charge in [-0.05, 0) is 25.7 Å². The molecule has 0 aliphatic carbocycles. The molecular weight excluding hydrogens is 306 g/mol. The zero-order chi connectivity index (χ0) is 16.3. The number of nitrogens with one attached hydrogen (secondary N) is 1. The SMILES string of the molecule is CC(=O)N1CCC[C@@H](C(=O)N[C@@H]2CCCN(S(C)(=O)=O)C2)C1. The van der Waals surface area contributed by atoms with E-state index in [1.807, 2.05) is 0 Å². The van der Waals surface area contributed by atoms with Gasteiger partial charge in [0.25, 0.3) is 0 Å². The molecule has 2 fully saturated rings. The third-order valence-corrected chi connectivity index (χ3v) is 5.71. The van der Waals surface area contributed by atoms with Crippen molar-refractivity contribution in [3.63, 3.8) is 0 Å². The Kier molecular flexibility index (Phi) is 5.44. The number of nitrogens with zero attached hydrogens (tertiary/aromatic N) is 2. The highest BCUT2D eigenvalue weighted by Gasteiger charge is 2.31. The van der Waals surface area contributed by atoms with Crippen molar-refractivity contribution in [3.8, 4) is 0 Å². The highest BCUT2D eigenvalue weighted by atomic mass is 32.2. The summed E-state index contributed by atoms with van der Waals surface area (Å²) in [7, 11) is -3.21. The predicted octanol–water partition coefficient (Wildman–Crippen LogP) is -0.215. The lowest BCUT2D eigenvalue weighted by Crippen LogP contribution is -2.52.